The van der Waals surface area contributed by atoms with E-state index in [0.29, 0.717) is 24.0 Å². The van der Waals surface area contributed by atoms with E-state index in [0.717, 1.165) is 29.0 Å². The van der Waals surface area contributed by atoms with E-state index in [1.165, 1.54) is 5.56 Å². The van der Waals surface area contributed by atoms with Gasteiger partial charge in [0.05, 0.1) is 19.3 Å². The van der Waals surface area contributed by atoms with Crippen molar-refractivity contribution >= 4 is 22.9 Å². The van der Waals surface area contributed by atoms with Crippen molar-refractivity contribution in [2.75, 3.05) is 13.2 Å². The first kappa shape index (κ1) is 14.7. The van der Waals surface area contributed by atoms with E-state index in [4.69, 9.17) is 26.8 Å². The molecule has 0 saturated carbocycles. The molecule has 1 unspecified atom stereocenters. The Morgan fingerprint density at radius 2 is 2.00 bits per heavy atom. The van der Waals surface area contributed by atoms with Crippen LogP contribution >= 0.6 is 22.9 Å². The summed E-state index contributed by atoms with van der Waals surface area (Å²) in [4.78, 5) is 1.16. The molecular formula is C16H18ClNO2S. The summed E-state index contributed by atoms with van der Waals surface area (Å²) in [6.45, 7) is 3.44. The van der Waals surface area contributed by atoms with Crippen molar-refractivity contribution in [3.8, 4) is 11.5 Å². The molecule has 1 aliphatic rings. The van der Waals surface area contributed by atoms with Gasteiger partial charge in [0.2, 0.25) is 0 Å². The lowest BCUT2D eigenvalue weighted by molar-refractivity contribution is 0.297. The zero-order valence-electron chi connectivity index (χ0n) is 11.9. The largest absolute Gasteiger partial charge is 0.490 e. The summed E-state index contributed by atoms with van der Waals surface area (Å²) in [5.74, 6) is 1.44. The number of rotatable bonds is 3. The number of benzene rings is 1. The summed E-state index contributed by atoms with van der Waals surface area (Å²) in [5, 5.41) is 2.70. The zero-order chi connectivity index (χ0) is 14.8. The Balaban J connectivity index is 2.00. The Morgan fingerprint density at radius 3 is 2.71 bits per heavy atom. The first-order valence-electron chi connectivity index (χ1n) is 7.11. The van der Waals surface area contributed by atoms with Gasteiger partial charge >= 0.3 is 0 Å². The molecule has 1 aliphatic heterocycles. The van der Waals surface area contributed by atoms with Crippen molar-refractivity contribution in [2.24, 2.45) is 5.73 Å². The number of fused-ring (bicyclic) bond motifs is 1. The number of nitrogens with two attached hydrogens (primary N) is 1. The monoisotopic (exact) mass is 323 g/mol. The minimum absolute atomic E-state index is 0.232. The third-order valence-electron chi connectivity index (χ3n) is 3.65. The highest BCUT2D eigenvalue weighted by Crippen LogP contribution is 2.39. The number of halogens is 1. The second kappa shape index (κ2) is 6.26. The normalized spacial score (nSPS) is 15.6. The van der Waals surface area contributed by atoms with Gasteiger partial charge in [0.15, 0.2) is 11.5 Å². The van der Waals surface area contributed by atoms with Crippen LogP contribution < -0.4 is 15.2 Å². The Hall–Kier alpha value is -1.23. The average Bonchev–Trinajstić information content (AvgIpc) is 2.85. The second-order valence-electron chi connectivity index (χ2n) is 5.01. The number of aryl methyl sites for hydroxylation is 1. The summed E-state index contributed by atoms with van der Waals surface area (Å²) in [6, 6.07) is 5.63. The molecule has 0 fully saturated rings. The van der Waals surface area contributed by atoms with Crippen LogP contribution in [0, 0.1) is 0 Å². The zero-order valence-corrected chi connectivity index (χ0v) is 13.5. The lowest BCUT2D eigenvalue weighted by atomic mass is 10.0. The molecule has 112 valence electrons. The average molecular weight is 324 g/mol. The van der Waals surface area contributed by atoms with Crippen LogP contribution in [0.3, 0.4) is 0 Å². The van der Waals surface area contributed by atoms with Crippen molar-refractivity contribution in [3.63, 3.8) is 0 Å². The topological polar surface area (TPSA) is 44.5 Å². The predicted molar refractivity (Wildman–Crippen MR) is 86.8 cm³/mol. The van der Waals surface area contributed by atoms with Gasteiger partial charge in [-0.05, 0) is 35.1 Å². The third-order valence-corrected chi connectivity index (χ3v) is 5.02. The lowest BCUT2D eigenvalue weighted by Gasteiger charge is -2.17. The van der Waals surface area contributed by atoms with Gasteiger partial charge in [0.25, 0.3) is 0 Å². The van der Waals surface area contributed by atoms with E-state index in [2.05, 4.69) is 18.4 Å². The van der Waals surface area contributed by atoms with Crippen LogP contribution in [0.1, 0.15) is 35.4 Å². The fourth-order valence-electron chi connectivity index (χ4n) is 2.49. The summed E-state index contributed by atoms with van der Waals surface area (Å²) in [6.07, 6.45) is 1.84. The molecule has 0 aliphatic carbocycles. The number of hydrogen-bond acceptors (Lipinski definition) is 4. The molecule has 5 heteroatoms. The SMILES string of the molecule is CCc1ccsc1C(N)c1cc2c(cc1Cl)OCCCO2. The van der Waals surface area contributed by atoms with Crippen LogP contribution in [0.5, 0.6) is 11.5 Å². The maximum Gasteiger partial charge on any atom is 0.162 e. The van der Waals surface area contributed by atoms with Crippen LogP contribution in [0.2, 0.25) is 5.02 Å². The smallest absolute Gasteiger partial charge is 0.162 e. The molecular weight excluding hydrogens is 306 g/mol. The van der Waals surface area contributed by atoms with Crippen molar-refractivity contribution in [3.05, 3.63) is 44.6 Å². The van der Waals surface area contributed by atoms with Gasteiger partial charge in [0, 0.05) is 22.4 Å². The molecule has 2 aromatic rings. The standard InChI is InChI=1S/C16H18ClNO2S/c1-2-10-4-7-21-16(10)15(18)11-8-13-14(9-12(11)17)20-6-3-5-19-13/h4,7-9,15H,2-3,5-6,18H2,1H3. The maximum absolute atomic E-state index is 6.44. The van der Waals surface area contributed by atoms with Crippen LogP contribution in [-0.2, 0) is 6.42 Å². The highest BCUT2D eigenvalue weighted by atomic mass is 35.5. The fourth-order valence-corrected chi connectivity index (χ4v) is 3.78. The minimum atomic E-state index is -0.232. The van der Waals surface area contributed by atoms with Gasteiger partial charge < -0.3 is 15.2 Å². The van der Waals surface area contributed by atoms with E-state index in [9.17, 15) is 0 Å². The van der Waals surface area contributed by atoms with Gasteiger partial charge in [-0.1, -0.05) is 18.5 Å². The summed E-state index contributed by atoms with van der Waals surface area (Å²) >= 11 is 8.08. The van der Waals surface area contributed by atoms with Gasteiger partial charge in [-0.2, -0.15) is 0 Å². The molecule has 3 nitrogen and oxygen atoms in total. The van der Waals surface area contributed by atoms with Gasteiger partial charge in [-0.15, -0.1) is 11.3 Å². The molecule has 1 aromatic carbocycles. The molecule has 0 spiro atoms. The first-order valence-corrected chi connectivity index (χ1v) is 8.37. The molecule has 2 heterocycles. The summed E-state index contributed by atoms with van der Waals surface area (Å²) in [7, 11) is 0. The van der Waals surface area contributed by atoms with Crippen LogP contribution in [0.25, 0.3) is 0 Å². The maximum atomic E-state index is 6.44. The third kappa shape index (κ3) is 2.89. The Morgan fingerprint density at radius 1 is 1.29 bits per heavy atom. The van der Waals surface area contributed by atoms with Gasteiger partial charge in [-0.25, -0.2) is 0 Å². The number of ether oxygens (including phenoxy) is 2. The van der Waals surface area contributed by atoms with E-state index in [1.807, 2.05) is 12.1 Å². The Kier molecular flexibility index (Phi) is 4.38. The van der Waals surface area contributed by atoms with E-state index < -0.39 is 0 Å². The Labute approximate surface area is 133 Å². The Bertz CT molecular complexity index is 641. The molecule has 0 radical (unpaired) electrons. The van der Waals surface area contributed by atoms with Gasteiger partial charge in [0.1, 0.15) is 0 Å². The summed E-state index contributed by atoms with van der Waals surface area (Å²) in [5.41, 5.74) is 8.60. The molecule has 1 atom stereocenters. The lowest BCUT2D eigenvalue weighted by Crippen LogP contribution is -2.13. The second-order valence-corrected chi connectivity index (χ2v) is 6.37. The van der Waals surface area contributed by atoms with E-state index in [-0.39, 0.29) is 6.04 Å². The van der Waals surface area contributed by atoms with Gasteiger partial charge in [-0.3, -0.25) is 0 Å². The summed E-state index contributed by atoms with van der Waals surface area (Å²) < 4.78 is 11.4. The first-order chi connectivity index (χ1) is 10.2. The molecule has 1 aromatic heterocycles. The predicted octanol–water partition coefficient (Wildman–Crippen LogP) is 4.17. The van der Waals surface area contributed by atoms with Crippen LogP contribution in [0.4, 0.5) is 0 Å². The van der Waals surface area contributed by atoms with Crippen LogP contribution in [-0.4, -0.2) is 13.2 Å². The molecule has 0 saturated heterocycles. The minimum Gasteiger partial charge on any atom is -0.490 e. The fraction of sp³-hybridized carbons (Fsp3) is 0.375. The van der Waals surface area contributed by atoms with E-state index >= 15 is 0 Å². The number of hydrogen-bond donors (Lipinski definition) is 1. The van der Waals surface area contributed by atoms with Crippen molar-refractivity contribution in [2.45, 2.75) is 25.8 Å². The molecule has 3 rings (SSSR count). The van der Waals surface area contributed by atoms with Crippen molar-refractivity contribution in [1.82, 2.24) is 0 Å². The van der Waals surface area contributed by atoms with Crippen molar-refractivity contribution in [1.29, 1.82) is 0 Å². The number of thiophene rings is 1. The molecule has 21 heavy (non-hydrogen) atoms. The van der Waals surface area contributed by atoms with Crippen molar-refractivity contribution < 1.29 is 9.47 Å². The molecule has 2 N–H and O–H groups in total. The van der Waals surface area contributed by atoms with E-state index in [1.54, 1.807) is 11.3 Å². The quantitative estimate of drug-likeness (QED) is 0.921. The van der Waals surface area contributed by atoms with Crippen LogP contribution in [0.15, 0.2) is 23.6 Å². The molecule has 0 amide bonds. The highest BCUT2D eigenvalue weighted by Gasteiger charge is 2.21. The molecule has 0 bridgehead atoms. The highest BCUT2D eigenvalue weighted by molar-refractivity contribution is 7.10.